The molecule has 1 aliphatic heterocycles. The number of methoxy groups -OCH3 is 1. The van der Waals surface area contributed by atoms with Crippen LogP contribution in [0.4, 0.5) is 5.69 Å². The Morgan fingerprint density at radius 3 is 2.76 bits per heavy atom. The first-order valence-electron chi connectivity index (χ1n) is 8.42. The van der Waals surface area contributed by atoms with Crippen molar-refractivity contribution in [3.63, 3.8) is 0 Å². The van der Waals surface area contributed by atoms with Gasteiger partial charge in [-0.15, -0.1) is 0 Å². The number of hydrogen-bond donors (Lipinski definition) is 2. The first kappa shape index (κ1) is 14.7. The Balaban J connectivity index is 1.66. The Bertz CT molecular complexity index is 468. The van der Waals surface area contributed by atoms with E-state index in [0.717, 1.165) is 17.7 Å². The molecule has 1 aromatic rings. The van der Waals surface area contributed by atoms with Crippen molar-refractivity contribution in [3.05, 3.63) is 23.8 Å². The minimum absolute atomic E-state index is 0.619. The van der Waals surface area contributed by atoms with Crippen molar-refractivity contribution < 1.29 is 4.74 Å². The van der Waals surface area contributed by atoms with Gasteiger partial charge < -0.3 is 15.4 Å². The summed E-state index contributed by atoms with van der Waals surface area (Å²) in [6.45, 7) is 3.31. The molecule has 3 heteroatoms. The highest BCUT2D eigenvalue weighted by atomic mass is 16.5. The van der Waals surface area contributed by atoms with Crippen LogP contribution in [0.25, 0.3) is 0 Å². The van der Waals surface area contributed by atoms with Crippen LogP contribution in [0, 0.1) is 12.8 Å². The molecule has 1 saturated carbocycles. The van der Waals surface area contributed by atoms with Crippen LogP contribution in [-0.4, -0.2) is 25.7 Å². The molecule has 2 N–H and O–H groups in total. The maximum absolute atomic E-state index is 5.35. The zero-order valence-corrected chi connectivity index (χ0v) is 13.3. The second-order valence-electron chi connectivity index (χ2n) is 6.59. The third-order valence-electron chi connectivity index (χ3n) is 5.18. The zero-order valence-electron chi connectivity index (χ0n) is 13.3. The van der Waals surface area contributed by atoms with Crippen LogP contribution in [0.3, 0.4) is 0 Å². The molecule has 1 aromatic carbocycles. The van der Waals surface area contributed by atoms with Crippen LogP contribution >= 0.6 is 0 Å². The molecule has 1 aliphatic carbocycles. The van der Waals surface area contributed by atoms with E-state index in [0.29, 0.717) is 6.04 Å². The predicted molar refractivity (Wildman–Crippen MR) is 88.1 cm³/mol. The first-order valence-corrected chi connectivity index (χ1v) is 8.42. The number of rotatable bonds is 4. The highest BCUT2D eigenvalue weighted by molar-refractivity contribution is 5.51. The van der Waals surface area contributed by atoms with Crippen LogP contribution in [-0.2, 0) is 0 Å². The summed E-state index contributed by atoms with van der Waals surface area (Å²) < 4.78 is 5.35. The SMILES string of the molecule is COc1ccc(NC2CCCC2C2CCCCN2)cc1C. The quantitative estimate of drug-likeness (QED) is 0.886. The fourth-order valence-electron chi connectivity index (χ4n) is 4.08. The van der Waals surface area contributed by atoms with Gasteiger partial charge in [0.1, 0.15) is 5.75 Å². The lowest BCUT2D eigenvalue weighted by Gasteiger charge is -2.33. The summed E-state index contributed by atoms with van der Waals surface area (Å²) >= 11 is 0. The van der Waals surface area contributed by atoms with Crippen LogP contribution in [0.15, 0.2) is 18.2 Å². The first-order chi connectivity index (χ1) is 10.3. The third kappa shape index (κ3) is 3.34. The Morgan fingerprint density at radius 2 is 2.05 bits per heavy atom. The molecule has 2 aliphatic rings. The minimum atomic E-state index is 0.619. The van der Waals surface area contributed by atoms with E-state index < -0.39 is 0 Å². The molecule has 1 heterocycles. The molecule has 3 unspecified atom stereocenters. The molecule has 0 aromatic heterocycles. The Morgan fingerprint density at radius 1 is 1.14 bits per heavy atom. The molecule has 21 heavy (non-hydrogen) atoms. The monoisotopic (exact) mass is 288 g/mol. The van der Waals surface area contributed by atoms with Gasteiger partial charge in [0, 0.05) is 17.8 Å². The van der Waals surface area contributed by atoms with Crippen molar-refractivity contribution in [2.75, 3.05) is 19.0 Å². The van der Waals surface area contributed by atoms with Crippen LogP contribution in [0.2, 0.25) is 0 Å². The summed E-state index contributed by atoms with van der Waals surface area (Å²) in [6.07, 6.45) is 8.11. The zero-order chi connectivity index (χ0) is 14.7. The lowest BCUT2D eigenvalue weighted by atomic mass is 9.88. The summed E-state index contributed by atoms with van der Waals surface area (Å²) in [5.41, 5.74) is 2.44. The summed E-state index contributed by atoms with van der Waals surface area (Å²) in [4.78, 5) is 0. The fourth-order valence-corrected chi connectivity index (χ4v) is 4.08. The van der Waals surface area contributed by atoms with Gasteiger partial charge in [-0.2, -0.15) is 0 Å². The Hall–Kier alpha value is -1.22. The number of ether oxygens (including phenoxy) is 1. The maximum Gasteiger partial charge on any atom is 0.121 e. The van der Waals surface area contributed by atoms with Gasteiger partial charge in [-0.25, -0.2) is 0 Å². The minimum Gasteiger partial charge on any atom is -0.496 e. The molecule has 0 bridgehead atoms. The molecule has 0 radical (unpaired) electrons. The number of nitrogens with one attached hydrogen (secondary N) is 2. The van der Waals surface area contributed by atoms with Crippen LogP contribution in [0.1, 0.15) is 44.1 Å². The fraction of sp³-hybridized carbons (Fsp3) is 0.667. The van der Waals surface area contributed by atoms with Gasteiger partial charge in [-0.05, 0) is 68.8 Å². The standard InChI is InChI=1S/C18H28N2O/c1-13-12-14(9-10-18(13)21-2)20-17-8-5-6-15(17)16-7-3-4-11-19-16/h9-10,12,15-17,19-20H,3-8,11H2,1-2H3. The van der Waals surface area contributed by atoms with E-state index in [4.69, 9.17) is 4.74 Å². The summed E-state index contributed by atoms with van der Waals surface area (Å²) in [6, 6.07) is 7.77. The Kier molecular flexibility index (Phi) is 4.69. The third-order valence-corrected chi connectivity index (χ3v) is 5.18. The van der Waals surface area contributed by atoms with E-state index in [9.17, 15) is 0 Å². The van der Waals surface area contributed by atoms with Crippen LogP contribution < -0.4 is 15.4 Å². The van der Waals surface area contributed by atoms with E-state index in [1.54, 1.807) is 7.11 Å². The lowest BCUT2D eigenvalue weighted by Crippen LogP contribution is -2.44. The van der Waals surface area contributed by atoms with Crippen molar-refractivity contribution in [1.29, 1.82) is 0 Å². The molecule has 3 atom stereocenters. The largest absolute Gasteiger partial charge is 0.496 e. The second-order valence-corrected chi connectivity index (χ2v) is 6.59. The molecule has 3 nitrogen and oxygen atoms in total. The molecular formula is C18H28N2O. The number of hydrogen-bond acceptors (Lipinski definition) is 3. The topological polar surface area (TPSA) is 33.3 Å². The summed E-state index contributed by atoms with van der Waals surface area (Å²) in [5.74, 6) is 1.75. The highest BCUT2D eigenvalue weighted by Crippen LogP contribution is 2.34. The maximum atomic E-state index is 5.35. The average Bonchev–Trinajstić information content (AvgIpc) is 2.96. The van der Waals surface area contributed by atoms with Gasteiger partial charge in [0.05, 0.1) is 7.11 Å². The summed E-state index contributed by atoms with van der Waals surface area (Å²) in [5, 5.41) is 7.53. The predicted octanol–water partition coefficient (Wildman–Crippen LogP) is 3.73. The number of piperidine rings is 1. The smallest absolute Gasteiger partial charge is 0.121 e. The van der Waals surface area contributed by atoms with Gasteiger partial charge >= 0.3 is 0 Å². The van der Waals surface area contributed by atoms with E-state index >= 15 is 0 Å². The molecule has 1 saturated heterocycles. The molecule has 0 spiro atoms. The van der Waals surface area contributed by atoms with Gasteiger partial charge in [0.25, 0.3) is 0 Å². The Labute approximate surface area is 128 Å². The van der Waals surface area contributed by atoms with Crippen molar-refractivity contribution in [2.24, 2.45) is 5.92 Å². The summed E-state index contributed by atoms with van der Waals surface area (Å²) in [7, 11) is 1.73. The normalized spacial score (nSPS) is 29.3. The van der Waals surface area contributed by atoms with Gasteiger partial charge in [0.2, 0.25) is 0 Å². The van der Waals surface area contributed by atoms with E-state index in [-0.39, 0.29) is 0 Å². The molecule has 0 amide bonds. The van der Waals surface area contributed by atoms with Crippen molar-refractivity contribution in [2.45, 2.75) is 57.5 Å². The number of anilines is 1. The van der Waals surface area contributed by atoms with Crippen LogP contribution in [0.5, 0.6) is 5.75 Å². The second kappa shape index (κ2) is 6.69. The molecule has 3 rings (SSSR count). The molecule has 2 fully saturated rings. The van der Waals surface area contributed by atoms with E-state index in [2.05, 4.69) is 35.8 Å². The number of aryl methyl sites for hydroxylation is 1. The lowest BCUT2D eigenvalue weighted by molar-refractivity contribution is 0.286. The van der Waals surface area contributed by atoms with Gasteiger partial charge in [0.15, 0.2) is 0 Å². The van der Waals surface area contributed by atoms with Crippen molar-refractivity contribution in [1.82, 2.24) is 5.32 Å². The molecular weight excluding hydrogens is 260 g/mol. The van der Waals surface area contributed by atoms with E-state index in [1.807, 2.05) is 0 Å². The van der Waals surface area contributed by atoms with Gasteiger partial charge in [-0.3, -0.25) is 0 Å². The van der Waals surface area contributed by atoms with E-state index in [1.165, 1.54) is 56.3 Å². The average molecular weight is 288 g/mol. The number of benzene rings is 1. The van der Waals surface area contributed by atoms with Gasteiger partial charge in [-0.1, -0.05) is 12.8 Å². The van der Waals surface area contributed by atoms with Crippen molar-refractivity contribution >= 4 is 5.69 Å². The van der Waals surface area contributed by atoms with Crippen molar-refractivity contribution in [3.8, 4) is 5.75 Å². The highest BCUT2D eigenvalue weighted by Gasteiger charge is 2.34. The molecule has 116 valence electrons.